The maximum Gasteiger partial charge on any atom is 0.279 e. The van der Waals surface area contributed by atoms with Crippen LogP contribution >= 0.6 is 0 Å². The van der Waals surface area contributed by atoms with Gasteiger partial charge in [0, 0.05) is 19.6 Å². The molecule has 130 valence electrons. The quantitative estimate of drug-likeness (QED) is 0.760. The van der Waals surface area contributed by atoms with Gasteiger partial charge in [0.2, 0.25) is 0 Å². The van der Waals surface area contributed by atoms with Gasteiger partial charge < -0.3 is 4.74 Å². The van der Waals surface area contributed by atoms with Crippen molar-refractivity contribution in [2.45, 2.75) is 59.0 Å². The summed E-state index contributed by atoms with van der Waals surface area (Å²) in [5, 5.41) is 0. The van der Waals surface area contributed by atoms with Crippen molar-refractivity contribution < 1.29 is 13.2 Å². The number of nitrogens with zero attached hydrogens (tertiary/aromatic N) is 1. The average Bonchev–Trinajstić information content (AvgIpc) is 2.44. The Morgan fingerprint density at radius 1 is 1.09 bits per heavy atom. The van der Waals surface area contributed by atoms with E-state index in [2.05, 4.69) is 25.5 Å². The predicted molar refractivity (Wildman–Crippen MR) is 88.8 cm³/mol. The van der Waals surface area contributed by atoms with Crippen molar-refractivity contribution in [3.05, 3.63) is 0 Å². The highest BCUT2D eigenvalue weighted by molar-refractivity contribution is 7.87. The second kappa shape index (κ2) is 8.08. The highest BCUT2D eigenvalue weighted by Gasteiger charge is 2.30. The molecule has 0 radical (unpaired) electrons. The van der Waals surface area contributed by atoms with E-state index in [1.807, 2.05) is 0 Å². The van der Waals surface area contributed by atoms with Crippen molar-refractivity contribution in [3.8, 4) is 0 Å². The molecular weight excluding hydrogens is 300 g/mol. The number of rotatable bonds is 6. The Kier molecular flexibility index (Phi) is 6.68. The molecule has 5 nitrogen and oxygen atoms in total. The Labute approximate surface area is 136 Å². The smallest absolute Gasteiger partial charge is 0.279 e. The van der Waals surface area contributed by atoms with Crippen molar-refractivity contribution >= 4 is 10.2 Å². The van der Waals surface area contributed by atoms with Crippen LogP contribution in [0.4, 0.5) is 0 Å². The highest BCUT2D eigenvalue weighted by Crippen LogP contribution is 2.26. The lowest BCUT2D eigenvalue weighted by Gasteiger charge is -2.34. The molecule has 1 saturated carbocycles. The molecule has 1 N–H and O–H groups in total. The van der Waals surface area contributed by atoms with E-state index < -0.39 is 10.2 Å². The largest absolute Gasteiger partial charge is 0.377 e. The molecule has 1 aliphatic heterocycles. The third-order valence-corrected chi connectivity index (χ3v) is 6.47. The van der Waals surface area contributed by atoms with Gasteiger partial charge in [0.25, 0.3) is 10.2 Å². The van der Waals surface area contributed by atoms with Crippen LogP contribution < -0.4 is 4.72 Å². The molecule has 0 aromatic heterocycles. The van der Waals surface area contributed by atoms with Crippen LogP contribution in [0.2, 0.25) is 0 Å². The third-order valence-electron chi connectivity index (χ3n) is 4.93. The summed E-state index contributed by atoms with van der Waals surface area (Å²) in [6, 6.07) is 0. The molecule has 1 aliphatic carbocycles. The molecule has 1 heterocycles. The molecule has 0 aromatic rings. The van der Waals surface area contributed by atoms with E-state index in [0.29, 0.717) is 50.1 Å². The van der Waals surface area contributed by atoms with E-state index in [1.54, 1.807) is 4.31 Å². The minimum absolute atomic E-state index is 0.299. The first kappa shape index (κ1) is 18.2. The minimum atomic E-state index is -3.36. The van der Waals surface area contributed by atoms with E-state index in [9.17, 15) is 8.42 Å². The topological polar surface area (TPSA) is 58.6 Å². The Morgan fingerprint density at radius 2 is 1.73 bits per heavy atom. The second-order valence-electron chi connectivity index (χ2n) is 7.33. The number of hydrogen-bond acceptors (Lipinski definition) is 3. The van der Waals surface area contributed by atoms with Crippen LogP contribution in [0.25, 0.3) is 0 Å². The van der Waals surface area contributed by atoms with Crippen molar-refractivity contribution in [3.63, 3.8) is 0 Å². The maximum absolute atomic E-state index is 12.4. The van der Waals surface area contributed by atoms with Crippen LogP contribution in [0.1, 0.15) is 52.9 Å². The van der Waals surface area contributed by atoms with Crippen LogP contribution in [0, 0.1) is 17.8 Å². The third kappa shape index (κ3) is 5.18. The molecule has 2 rings (SSSR count). The molecule has 0 amide bonds. The van der Waals surface area contributed by atoms with Crippen molar-refractivity contribution in [2.75, 3.05) is 26.2 Å². The fourth-order valence-electron chi connectivity index (χ4n) is 3.80. The van der Waals surface area contributed by atoms with Crippen molar-refractivity contribution in [2.24, 2.45) is 17.8 Å². The maximum atomic E-state index is 12.4. The zero-order valence-corrected chi connectivity index (χ0v) is 15.1. The van der Waals surface area contributed by atoms with Crippen LogP contribution in [0.3, 0.4) is 0 Å². The lowest BCUT2D eigenvalue weighted by atomic mass is 9.88. The van der Waals surface area contributed by atoms with Gasteiger partial charge in [0.05, 0.1) is 12.7 Å². The molecule has 2 aliphatic rings. The van der Waals surface area contributed by atoms with Gasteiger partial charge in [0.1, 0.15) is 0 Å². The van der Waals surface area contributed by atoms with E-state index in [1.165, 1.54) is 19.3 Å². The lowest BCUT2D eigenvalue weighted by Crippen LogP contribution is -2.48. The monoisotopic (exact) mass is 332 g/mol. The van der Waals surface area contributed by atoms with Crippen LogP contribution in [0.15, 0.2) is 0 Å². The van der Waals surface area contributed by atoms with E-state index >= 15 is 0 Å². The summed E-state index contributed by atoms with van der Waals surface area (Å²) in [6.07, 6.45) is 6.25. The summed E-state index contributed by atoms with van der Waals surface area (Å²) >= 11 is 0. The van der Waals surface area contributed by atoms with Gasteiger partial charge in [-0.2, -0.15) is 17.4 Å². The lowest BCUT2D eigenvalue weighted by molar-refractivity contribution is -0.00189. The highest BCUT2D eigenvalue weighted by atomic mass is 32.2. The van der Waals surface area contributed by atoms with E-state index in [-0.39, 0.29) is 0 Å². The molecule has 4 unspecified atom stereocenters. The summed E-state index contributed by atoms with van der Waals surface area (Å²) in [5.41, 5.74) is 0. The van der Waals surface area contributed by atoms with E-state index in [0.717, 1.165) is 12.8 Å². The Hall–Kier alpha value is -0.170. The van der Waals surface area contributed by atoms with Crippen LogP contribution in [-0.4, -0.2) is 45.1 Å². The van der Waals surface area contributed by atoms with Gasteiger partial charge in [-0.15, -0.1) is 0 Å². The fraction of sp³-hybridized carbons (Fsp3) is 1.00. The molecule has 0 spiro atoms. The summed E-state index contributed by atoms with van der Waals surface area (Å²) in [7, 11) is -3.36. The normalized spacial score (nSPS) is 34.7. The van der Waals surface area contributed by atoms with E-state index in [4.69, 9.17) is 4.74 Å². The van der Waals surface area contributed by atoms with Crippen molar-refractivity contribution in [1.82, 2.24) is 9.03 Å². The Bertz CT molecular complexity index is 431. The number of ether oxygens (including phenoxy) is 1. The average molecular weight is 333 g/mol. The zero-order chi connectivity index (χ0) is 16.2. The first-order valence-corrected chi connectivity index (χ1v) is 10.2. The van der Waals surface area contributed by atoms with Crippen molar-refractivity contribution in [1.29, 1.82) is 0 Å². The zero-order valence-electron chi connectivity index (χ0n) is 14.3. The summed E-state index contributed by atoms with van der Waals surface area (Å²) < 4.78 is 34.9. The van der Waals surface area contributed by atoms with Gasteiger partial charge in [-0.05, 0) is 37.0 Å². The molecular formula is C16H32N2O3S. The molecule has 1 saturated heterocycles. The molecule has 0 aromatic carbocycles. The number of piperidine rings is 1. The fourth-order valence-corrected chi connectivity index (χ4v) is 5.23. The molecule has 2 fully saturated rings. The standard InChI is InChI=1S/C16H32N2O3S/c1-13-10-14(2)12-18(11-13)22(19,20)17-8-9-21-16-7-5-4-6-15(16)3/h13-17H,4-12H2,1-3H3. The van der Waals surface area contributed by atoms with Crippen LogP contribution in [-0.2, 0) is 14.9 Å². The Balaban J connectivity index is 1.73. The SMILES string of the molecule is CC1CC(C)CN(S(=O)(=O)NCCOC2CCCCC2C)C1. The Morgan fingerprint density at radius 3 is 2.36 bits per heavy atom. The van der Waals surface area contributed by atoms with Gasteiger partial charge in [0.15, 0.2) is 0 Å². The molecule has 0 bridgehead atoms. The van der Waals surface area contributed by atoms with Gasteiger partial charge in [-0.3, -0.25) is 0 Å². The minimum Gasteiger partial charge on any atom is -0.377 e. The van der Waals surface area contributed by atoms with Gasteiger partial charge >= 0.3 is 0 Å². The summed E-state index contributed by atoms with van der Waals surface area (Å²) in [5.74, 6) is 1.45. The second-order valence-corrected chi connectivity index (χ2v) is 9.09. The van der Waals surface area contributed by atoms with Gasteiger partial charge in [-0.1, -0.05) is 33.6 Å². The number of nitrogens with one attached hydrogen (secondary N) is 1. The molecule has 4 atom stereocenters. The predicted octanol–water partition coefficient (Wildman–Crippen LogP) is 2.39. The first-order valence-electron chi connectivity index (χ1n) is 8.75. The van der Waals surface area contributed by atoms with Crippen LogP contribution in [0.5, 0.6) is 0 Å². The summed E-state index contributed by atoms with van der Waals surface area (Å²) in [4.78, 5) is 0. The number of hydrogen-bond donors (Lipinski definition) is 1. The summed E-state index contributed by atoms with van der Waals surface area (Å²) in [6.45, 7) is 8.54. The van der Waals surface area contributed by atoms with Gasteiger partial charge in [-0.25, -0.2) is 0 Å². The molecule has 22 heavy (non-hydrogen) atoms. The molecule has 6 heteroatoms. The first-order chi connectivity index (χ1) is 10.4.